The molecule has 6 rings (SSSR count). The monoisotopic (exact) mass is 955 g/mol. The van der Waals surface area contributed by atoms with E-state index in [4.69, 9.17) is 0 Å². The van der Waals surface area contributed by atoms with Crippen LogP contribution in [0, 0.1) is 0 Å². The first kappa shape index (κ1) is 47.2. The third kappa shape index (κ3) is 9.08. The summed E-state index contributed by atoms with van der Waals surface area (Å²) in [4.78, 5) is 1.08. The number of benzene rings is 2. The van der Waals surface area contributed by atoms with E-state index in [1.807, 2.05) is 67.6 Å². The topological polar surface area (TPSA) is 224 Å². The van der Waals surface area contributed by atoms with Crippen molar-refractivity contribution in [2.45, 2.75) is 122 Å². The molecule has 4 N–H and O–H groups in total. The van der Waals surface area contributed by atoms with Gasteiger partial charge in [0.15, 0.2) is 5.71 Å². The van der Waals surface area contributed by atoms with Gasteiger partial charge in [-0.2, -0.15) is 38.2 Å². The highest BCUT2D eigenvalue weighted by Gasteiger charge is 2.48. The molecule has 20 heteroatoms. The number of nitrogens with zero attached hydrogens (tertiary/aromatic N) is 2. The van der Waals surface area contributed by atoms with Gasteiger partial charge in [-0.05, 0) is 56.5 Å². The Labute approximate surface area is 366 Å². The van der Waals surface area contributed by atoms with Gasteiger partial charge in [0.2, 0.25) is 5.69 Å². The van der Waals surface area contributed by atoms with Crippen LogP contribution in [0.15, 0.2) is 78.6 Å². The summed E-state index contributed by atoms with van der Waals surface area (Å²) in [5.74, 6) is 0. The van der Waals surface area contributed by atoms with Gasteiger partial charge in [0, 0.05) is 58.2 Å². The second kappa shape index (κ2) is 17.0. The van der Waals surface area contributed by atoms with Gasteiger partial charge in [0.05, 0.1) is 14.8 Å². The van der Waals surface area contributed by atoms with Crippen molar-refractivity contribution in [2.24, 2.45) is 0 Å². The summed E-state index contributed by atoms with van der Waals surface area (Å²) < 4.78 is 141. The molecule has 14 nitrogen and oxygen atoms in total. The lowest BCUT2D eigenvalue weighted by atomic mass is 9.80. The van der Waals surface area contributed by atoms with Crippen molar-refractivity contribution < 1.29 is 56.5 Å². The van der Waals surface area contributed by atoms with Gasteiger partial charge >= 0.3 is 20.2 Å². The average Bonchev–Trinajstić information content (AvgIpc) is 3.87. The zero-order chi connectivity index (χ0) is 45.1. The van der Waals surface area contributed by atoms with Crippen molar-refractivity contribution in [2.75, 3.05) is 18.0 Å². The standard InChI is InChI=1S/C41H50N2O12S6/c1-7-9-11-16-20-42-28-24-30(58(44,45)46)38-26(22-34(56-38)60(50,51)52)36(28)40(3,4)32(42)18-14-13-15-19-33-41(5,6)37-27-23-35(61(53,54)55)57-39(27)31(59(47,48)49)25-29(37)43(33)21-17-12-10-8-2/h13-15,18-19,22-25H,7-12,16-17,20-21H2,1-6H3,(H3-,44,45,46,47,48,49,50,51,52,53,54,55)/p+1. The summed E-state index contributed by atoms with van der Waals surface area (Å²) in [5, 5.41) is 0.579. The summed E-state index contributed by atoms with van der Waals surface area (Å²) in [6.45, 7) is 12.9. The van der Waals surface area contributed by atoms with Gasteiger partial charge in [-0.1, -0.05) is 78.0 Å². The molecule has 332 valence electrons. The van der Waals surface area contributed by atoms with Crippen LogP contribution in [0.4, 0.5) is 11.4 Å². The molecule has 0 bridgehead atoms. The van der Waals surface area contributed by atoms with Crippen molar-refractivity contribution in [3.8, 4) is 0 Å². The molecule has 0 fully saturated rings. The molecule has 0 radical (unpaired) electrons. The minimum atomic E-state index is -4.81. The van der Waals surface area contributed by atoms with Crippen LogP contribution in [-0.4, -0.2) is 75.3 Å². The van der Waals surface area contributed by atoms with Gasteiger partial charge in [0.25, 0.3) is 20.2 Å². The summed E-state index contributed by atoms with van der Waals surface area (Å²) in [6, 6.07) is 5.23. The van der Waals surface area contributed by atoms with Crippen molar-refractivity contribution in [3.63, 3.8) is 0 Å². The number of unbranched alkanes of at least 4 members (excludes halogenated alkanes) is 6. The van der Waals surface area contributed by atoms with Crippen LogP contribution in [-0.2, 0) is 51.3 Å². The van der Waals surface area contributed by atoms with E-state index in [0.717, 1.165) is 62.8 Å². The Hall–Kier alpha value is -3.31. The fraction of sp³-hybridized carbons (Fsp3) is 0.439. The smallest absolute Gasteiger partial charge is 0.304 e. The van der Waals surface area contributed by atoms with E-state index in [1.165, 1.54) is 24.3 Å². The van der Waals surface area contributed by atoms with Crippen LogP contribution in [0.25, 0.3) is 20.2 Å². The van der Waals surface area contributed by atoms with Gasteiger partial charge < -0.3 is 4.90 Å². The molecule has 0 amide bonds. The third-order valence-corrected chi connectivity index (χ3v) is 18.4. The van der Waals surface area contributed by atoms with E-state index in [1.54, 1.807) is 0 Å². The van der Waals surface area contributed by atoms with Gasteiger partial charge in [0.1, 0.15) is 24.8 Å². The maximum atomic E-state index is 12.7. The van der Waals surface area contributed by atoms with Crippen molar-refractivity contribution in [1.82, 2.24) is 0 Å². The molecule has 0 atom stereocenters. The Bertz CT molecular complexity index is 3010. The van der Waals surface area contributed by atoms with E-state index in [-0.39, 0.29) is 20.2 Å². The molecule has 0 unspecified atom stereocenters. The predicted octanol–water partition coefficient (Wildman–Crippen LogP) is 9.43. The first-order valence-corrected chi connectivity index (χ1v) is 27.3. The van der Waals surface area contributed by atoms with Crippen LogP contribution >= 0.6 is 22.7 Å². The van der Waals surface area contributed by atoms with Gasteiger partial charge in [-0.3, -0.25) is 18.2 Å². The molecular formula is C41H51N2O12S6+. The highest BCUT2D eigenvalue weighted by molar-refractivity contribution is 7.89. The van der Waals surface area contributed by atoms with Crippen LogP contribution in [0.5, 0.6) is 0 Å². The fourth-order valence-electron chi connectivity index (χ4n) is 8.67. The molecule has 2 aliphatic heterocycles. The van der Waals surface area contributed by atoms with E-state index in [9.17, 15) is 51.9 Å². The maximum absolute atomic E-state index is 12.7. The lowest BCUT2D eigenvalue weighted by molar-refractivity contribution is -0.438. The second-order valence-corrected chi connectivity index (χ2v) is 24.6. The number of hydrogen-bond acceptors (Lipinski definition) is 11. The fourth-order valence-corrected chi connectivity index (χ4v) is 14.3. The zero-order valence-electron chi connectivity index (χ0n) is 34.7. The van der Waals surface area contributed by atoms with Crippen molar-refractivity contribution in [1.29, 1.82) is 0 Å². The third-order valence-electron chi connectivity index (χ3n) is 11.4. The van der Waals surface area contributed by atoms with E-state index in [2.05, 4.69) is 13.8 Å². The molecule has 0 saturated carbocycles. The molecule has 61 heavy (non-hydrogen) atoms. The minimum Gasteiger partial charge on any atom is -0.344 e. The SMILES string of the molecule is CCCCCCN1/C(=C/C=C/C=C/C2=[N+](CCCCCC)c3cc(S(=O)(=O)O)c4sc(S(=O)(=O)O)cc4c3C2(C)C)C(C)(C)c2c1cc(S(=O)(=O)O)c1sc(S(=O)(=O)O)cc21. The Balaban J connectivity index is 1.47. The number of anilines is 1. The van der Waals surface area contributed by atoms with Crippen LogP contribution in [0.3, 0.4) is 0 Å². The maximum Gasteiger partial charge on any atom is 0.304 e. The Morgan fingerprint density at radius 2 is 1.15 bits per heavy atom. The first-order chi connectivity index (χ1) is 28.3. The lowest BCUT2D eigenvalue weighted by Crippen LogP contribution is -2.28. The molecule has 0 aliphatic carbocycles. The normalized spacial score (nSPS) is 17.6. The van der Waals surface area contributed by atoms with Crippen LogP contribution in [0.1, 0.15) is 104 Å². The molecular weight excluding hydrogens is 905 g/mol. The summed E-state index contributed by atoms with van der Waals surface area (Å²) >= 11 is 1.14. The molecule has 0 saturated heterocycles. The molecule has 4 aromatic rings. The molecule has 0 spiro atoms. The second-order valence-electron chi connectivity index (χ2n) is 16.4. The Morgan fingerprint density at radius 1 is 0.623 bits per heavy atom. The summed E-state index contributed by atoms with van der Waals surface area (Å²) in [6.07, 6.45) is 16.5. The summed E-state index contributed by atoms with van der Waals surface area (Å²) in [7, 11) is -19.0. The van der Waals surface area contributed by atoms with Gasteiger partial charge in [-0.25, -0.2) is 0 Å². The van der Waals surface area contributed by atoms with Crippen molar-refractivity contribution >= 4 is 100 Å². The number of thiophene rings is 2. The highest BCUT2D eigenvalue weighted by Crippen LogP contribution is 2.54. The zero-order valence-corrected chi connectivity index (χ0v) is 39.6. The largest absolute Gasteiger partial charge is 0.344 e. The molecule has 4 heterocycles. The predicted molar refractivity (Wildman–Crippen MR) is 241 cm³/mol. The minimum absolute atomic E-state index is 0.0155. The number of rotatable bonds is 17. The Kier molecular flexibility index (Phi) is 13.1. The van der Waals surface area contributed by atoms with E-state index < -0.39 is 69.5 Å². The highest BCUT2D eigenvalue weighted by atomic mass is 32.3. The Morgan fingerprint density at radius 3 is 1.67 bits per heavy atom. The van der Waals surface area contributed by atoms with E-state index >= 15 is 0 Å². The quantitative estimate of drug-likeness (QED) is 0.0335. The first-order valence-electron chi connectivity index (χ1n) is 19.9. The number of allylic oxidation sites excluding steroid dienone is 6. The molecule has 2 aromatic heterocycles. The number of hydrogen-bond donors (Lipinski definition) is 4. The molecule has 2 aliphatic rings. The van der Waals surface area contributed by atoms with Gasteiger partial charge in [-0.15, -0.1) is 22.7 Å². The lowest BCUT2D eigenvalue weighted by Gasteiger charge is -2.27. The van der Waals surface area contributed by atoms with Crippen LogP contribution in [0.2, 0.25) is 0 Å². The number of fused-ring (bicyclic) bond motifs is 6. The average molecular weight is 956 g/mol. The molecule has 2 aromatic carbocycles. The van der Waals surface area contributed by atoms with Crippen molar-refractivity contribution in [3.05, 3.63) is 71.5 Å². The summed E-state index contributed by atoms with van der Waals surface area (Å²) in [5.41, 5.74) is 2.23. The van der Waals surface area contributed by atoms with Crippen LogP contribution < -0.4 is 4.90 Å². The van der Waals surface area contributed by atoms with E-state index in [0.29, 0.717) is 58.3 Å².